The molecule has 0 radical (unpaired) electrons. The number of carbonyl (C=O) groups excluding carboxylic acids is 3. The summed E-state index contributed by atoms with van der Waals surface area (Å²) in [5.41, 5.74) is 0. The van der Waals surface area contributed by atoms with Crippen molar-refractivity contribution in [2.45, 2.75) is 129 Å². The Labute approximate surface area is 286 Å². The van der Waals surface area contributed by atoms with Crippen molar-refractivity contribution < 1.29 is 38.2 Å². The molecule has 0 saturated carbocycles. The second-order valence-corrected chi connectivity index (χ2v) is 12.7. The largest absolute Gasteiger partial charge is 0.544 e. The van der Waals surface area contributed by atoms with Gasteiger partial charge in [-0.25, -0.2) is 0 Å². The van der Waals surface area contributed by atoms with Crippen LogP contribution in [0.4, 0.5) is 0 Å². The summed E-state index contributed by atoms with van der Waals surface area (Å²) in [7, 11) is 5.36. The number of allylic oxidation sites excluding steroid dienone is 10. The zero-order chi connectivity index (χ0) is 35.0. The highest BCUT2D eigenvalue weighted by atomic mass is 16.6. The summed E-state index contributed by atoms with van der Waals surface area (Å²) < 4.78 is 17.0. The van der Waals surface area contributed by atoms with E-state index in [1.165, 1.54) is 0 Å². The zero-order valence-corrected chi connectivity index (χ0v) is 30.2. The molecule has 0 saturated heterocycles. The summed E-state index contributed by atoms with van der Waals surface area (Å²) >= 11 is 0. The van der Waals surface area contributed by atoms with Crippen LogP contribution in [0.3, 0.4) is 0 Å². The number of nitrogens with zero attached hydrogens (tertiary/aromatic N) is 1. The first-order chi connectivity index (χ1) is 22.6. The van der Waals surface area contributed by atoms with E-state index in [4.69, 9.17) is 14.2 Å². The average Bonchev–Trinajstić information content (AvgIpc) is 3.01. The van der Waals surface area contributed by atoms with Crippen LogP contribution in [-0.2, 0) is 28.6 Å². The molecule has 0 aliphatic rings. The molecule has 2 atom stereocenters. The van der Waals surface area contributed by atoms with Gasteiger partial charge in [-0.3, -0.25) is 9.59 Å². The molecule has 0 aromatic carbocycles. The molecule has 0 N–H and O–H groups in total. The third-order valence-corrected chi connectivity index (χ3v) is 7.40. The molecule has 47 heavy (non-hydrogen) atoms. The molecule has 0 fully saturated rings. The van der Waals surface area contributed by atoms with Gasteiger partial charge < -0.3 is 28.6 Å². The minimum absolute atomic E-state index is 0.0160. The molecule has 8 heteroatoms. The number of carbonyl (C=O) groups is 3. The number of rotatable bonds is 30. The number of aliphatic carboxylic acids is 1. The molecule has 0 aromatic heterocycles. The molecule has 8 nitrogen and oxygen atoms in total. The number of ether oxygens (including phenoxy) is 3. The van der Waals surface area contributed by atoms with E-state index >= 15 is 0 Å². The Balaban J connectivity index is 4.57. The van der Waals surface area contributed by atoms with Crippen molar-refractivity contribution in [2.75, 3.05) is 41.0 Å². The molecule has 0 heterocycles. The highest BCUT2D eigenvalue weighted by Crippen LogP contribution is 2.11. The molecule has 0 bridgehead atoms. The van der Waals surface area contributed by atoms with Crippen LogP contribution in [0, 0.1) is 0 Å². The number of hydrogen-bond acceptors (Lipinski definition) is 7. The summed E-state index contributed by atoms with van der Waals surface area (Å²) in [5, 5.41) is 11.5. The quantitative estimate of drug-likeness (QED) is 0.0344. The second-order valence-electron chi connectivity index (χ2n) is 12.7. The van der Waals surface area contributed by atoms with Gasteiger partial charge in [-0.05, 0) is 64.2 Å². The van der Waals surface area contributed by atoms with E-state index in [0.29, 0.717) is 12.8 Å². The lowest BCUT2D eigenvalue weighted by Crippen LogP contribution is -2.55. The summed E-state index contributed by atoms with van der Waals surface area (Å²) in [5.74, 6) is -1.84. The number of quaternary nitrogens is 1. The maximum absolute atomic E-state index is 12.6. The summed E-state index contributed by atoms with van der Waals surface area (Å²) in [6.45, 7) is 4.32. The van der Waals surface area contributed by atoms with E-state index in [2.05, 4.69) is 74.6 Å². The van der Waals surface area contributed by atoms with Gasteiger partial charge in [0.15, 0.2) is 6.10 Å². The van der Waals surface area contributed by atoms with Gasteiger partial charge in [0.2, 0.25) is 0 Å². The zero-order valence-electron chi connectivity index (χ0n) is 30.2. The van der Waals surface area contributed by atoms with Crippen LogP contribution in [0.5, 0.6) is 0 Å². The first-order valence-corrected chi connectivity index (χ1v) is 17.8. The van der Waals surface area contributed by atoms with Gasteiger partial charge in [0.1, 0.15) is 12.6 Å². The number of carboxylic acids is 1. The highest BCUT2D eigenvalue weighted by Gasteiger charge is 2.25. The van der Waals surface area contributed by atoms with Crippen LogP contribution in [0.25, 0.3) is 0 Å². The number of esters is 2. The Morgan fingerprint density at radius 3 is 1.72 bits per heavy atom. The monoisotopic (exact) mass is 659 g/mol. The van der Waals surface area contributed by atoms with Crippen LogP contribution in [0.15, 0.2) is 60.8 Å². The van der Waals surface area contributed by atoms with Gasteiger partial charge in [-0.15, -0.1) is 0 Å². The fraction of sp³-hybridized carbons (Fsp3) is 0.667. The van der Waals surface area contributed by atoms with Gasteiger partial charge >= 0.3 is 11.9 Å². The lowest BCUT2D eigenvalue weighted by molar-refractivity contribution is -0.889. The van der Waals surface area contributed by atoms with Crippen molar-refractivity contribution in [2.24, 2.45) is 0 Å². The summed E-state index contributed by atoms with van der Waals surface area (Å²) in [4.78, 5) is 36.5. The Kier molecular flexibility index (Phi) is 28.4. The Bertz CT molecular complexity index is 959. The fourth-order valence-electron chi connectivity index (χ4n) is 4.66. The molecule has 0 rings (SSSR count). The van der Waals surface area contributed by atoms with E-state index in [9.17, 15) is 19.5 Å². The van der Waals surface area contributed by atoms with Gasteiger partial charge in [-0.2, -0.15) is 0 Å². The average molecular weight is 660 g/mol. The van der Waals surface area contributed by atoms with Crippen LogP contribution in [0.1, 0.15) is 117 Å². The van der Waals surface area contributed by atoms with Crippen LogP contribution in [-0.4, -0.2) is 75.5 Å². The Morgan fingerprint density at radius 1 is 0.638 bits per heavy atom. The van der Waals surface area contributed by atoms with E-state index in [-0.39, 0.29) is 49.1 Å². The third-order valence-electron chi connectivity index (χ3n) is 7.40. The smallest absolute Gasteiger partial charge is 0.306 e. The Hall–Kier alpha value is -2.97. The number of carboxylic acid groups (broad SMARTS) is 1. The minimum Gasteiger partial charge on any atom is -0.544 e. The minimum atomic E-state index is -1.14. The van der Waals surface area contributed by atoms with E-state index in [1.54, 1.807) is 21.1 Å². The third kappa shape index (κ3) is 28.9. The van der Waals surface area contributed by atoms with Crippen molar-refractivity contribution in [1.82, 2.24) is 0 Å². The van der Waals surface area contributed by atoms with Crippen molar-refractivity contribution in [3.63, 3.8) is 0 Å². The maximum atomic E-state index is 12.6. The number of hydrogen-bond donors (Lipinski definition) is 0. The maximum Gasteiger partial charge on any atom is 0.306 e. The van der Waals surface area contributed by atoms with Gasteiger partial charge in [0, 0.05) is 19.3 Å². The van der Waals surface area contributed by atoms with Gasteiger partial charge in [-0.1, -0.05) is 93.9 Å². The molecular weight excluding hydrogens is 594 g/mol. The molecule has 268 valence electrons. The van der Waals surface area contributed by atoms with Crippen LogP contribution >= 0.6 is 0 Å². The topological polar surface area (TPSA) is 102 Å². The first-order valence-electron chi connectivity index (χ1n) is 17.8. The van der Waals surface area contributed by atoms with Crippen LogP contribution < -0.4 is 5.11 Å². The molecular formula is C39H65NO7. The lowest BCUT2D eigenvalue weighted by atomic mass is 10.1. The van der Waals surface area contributed by atoms with E-state index in [1.807, 2.05) is 0 Å². The van der Waals surface area contributed by atoms with Crippen LogP contribution in [0.2, 0.25) is 0 Å². The highest BCUT2D eigenvalue weighted by molar-refractivity contribution is 5.70. The van der Waals surface area contributed by atoms with Crippen molar-refractivity contribution in [3.8, 4) is 0 Å². The SMILES string of the molecule is CC/C=C/C/C=C/C/C=C/CCCC(=O)OCC(COCCC(C(=O)[O-])[N+](C)(C)C)OC(=O)CCCCCCC/C=C/C/C=C/CC. The predicted molar refractivity (Wildman–Crippen MR) is 189 cm³/mol. The van der Waals surface area contributed by atoms with Gasteiger partial charge in [0.05, 0.1) is 40.3 Å². The summed E-state index contributed by atoms with van der Waals surface area (Å²) in [6.07, 6.45) is 34.0. The van der Waals surface area contributed by atoms with Gasteiger partial charge in [0.25, 0.3) is 0 Å². The van der Waals surface area contributed by atoms with Crippen molar-refractivity contribution in [3.05, 3.63) is 60.8 Å². The van der Waals surface area contributed by atoms with E-state index in [0.717, 1.165) is 77.0 Å². The molecule has 0 aromatic rings. The Morgan fingerprint density at radius 2 is 1.15 bits per heavy atom. The van der Waals surface area contributed by atoms with E-state index < -0.39 is 18.1 Å². The second kappa shape index (κ2) is 30.4. The standard InChI is InChI=1S/C39H65NO7/c1-6-8-10-12-14-16-18-20-22-24-26-28-30-38(42)47-35(33-45-32-31-36(39(43)44)40(3,4)5)34-46-37(41)29-27-25-23-21-19-17-15-13-11-9-7-2/h8-11,14-17,21,23,35-36H,6-7,12-13,18-20,22,24-34H2,1-5H3/b10-8+,11-9+,16-14+,17-15+,23-21+. The van der Waals surface area contributed by atoms with Crippen molar-refractivity contribution in [1.29, 1.82) is 0 Å². The predicted octanol–water partition coefficient (Wildman–Crippen LogP) is 7.35. The number of unbranched alkanes of at least 4 members (excludes halogenated alkanes) is 6. The fourth-order valence-corrected chi connectivity index (χ4v) is 4.66. The van der Waals surface area contributed by atoms with Crippen molar-refractivity contribution >= 4 is 17.9 Å². The number of likely N-dealkylation sites (N-methyl/N-ethyl adjacent to an activating group) is 1. The normalized spacial score (nSPS) is 13.8. The molecule has 0 amide bonds. The molecule has 0 aliphatic carbocycles. The first kappa shape index (κ1) is 44.0. The molecule has 0 aliphatic heterocycles. The molecule has 2 unspecified atom stereocenters. The lowest BCUT2D eigenvalue weighted by Gasteiger charge is -2.34. The summed E-state index contributed by atoms with van der Waals surface area (Å²) in [6, 6.07) is -0.735. The molecule has 0 spiro atoms.